The first-order valence-corrected chi connectivity index (χ1v) is 7.11. The standard InChI is InChI=1S/C13H23NO2S/c1-3-4-13(15)10-14(6-7-16-2)9-12-5-8-17-11-12/h5,8,11,13,15H,3-4,6-7,9-10H2,1-2H3. The van der Waals surface area contributed by atoms with E-state index in [4.69, 9.17) is 4.74 Å². The van der Waals surface area contributed by atoms with Crippen molar-refractivity contribution >= 4 is 11.3 Å². The third-order valence-corrected chi connectivity index (χ3v) is 3.42. The highest BCUT2D eigenvalue weighted by molar-refractivity contribution is 7.07. The van der Waals surface area contributed by atoms with Crippen molar-refractivity contribution < 1.29 is 9.84 Å². The van der Waals surface area contributed by atoms with Gasteiger partial charge in [-0.3, -0.25) is 4.90 Å². The van der Waals surface area contributed by atoms with Crippen molar-refractivity contribution in [2.75, 3.05) is 26.8 Å². The van der Waals surface area contributed by atoms with Crippen molar-refractivity contribution in [3.63, 3.8) is 0 Å². The molecule has 0 aliphatic rings. The molecule has 1 N–H and O–H groups in total. The Hall–Kier alpha value is -0.420. The van der Waals surface area contributed by atoms with Crippen molar-refractivity contribution in [3.05, 3.63) is 22.4 Å². The number of rotatable bonds is 9. The molecule has 1 rings (SSSR count). The van der Waals surface area contributed by atoms with Gasteiger partial charge in [-0.25, -0.2) is 0 Å². The minimum absolute atomic E-state index is 0.226. The Kier molecular flexibility index (Phi) is 7.44. The summed E-state index contributed by atoms with van der Waals surface area (Å²) in [4.78, 5) is 2.26. The number of ether oxygens (including phenoxy) is 1. The molecule has 0 saturated carbocycles. The molecule has 1 aromatic heterocycles. The molecule has 4 heteroatoms. The second-order valence-electron chi connectivity index (χ2n) is 4.30. The molecule has 3 nitrogen and oxygen atoms in total. The normalized spacial score (nSPS) is 13.2. The monoisotopic (exact) mass is 257 g/mol. The minimum atomic E-state index is -0.226. The zero-order valence-corrected chi connectivity index (χ0v) is 11.6. The van der Waals surface area contributed by atoms with Crippen molar-refractivity contribution in [1.29, 1.82) is 0 Å². The molecule has 0 radical (unpaired) electrons. The first-order chi connectivity index (χ1) is 8.26. The SMILES string of the molecule is CCCC(O)CN(CCOC)Cc1ccsc1. The number of aliphatic hydroxyl groups excluding tert-OH is 1. The molecule has 0 fully saturated rings. The summed E-state index contributed by atoms with van der Waals surface area (Å²) in [5, 5.41) is 14.1. The van der Waals surface area contributed by atoms with Crippen LogP contribution in [0.1, 0.15) is 25.3 Å². The molecule has 0 spiro atoms. The fourth-order valence-corrected chi connectivity index (χ4v) is 2.48. The van der Waals surface area contributed by atoms with Crippen LogP contribution in [0.15, 0.2) is 16.8 Å². The third-order valence-electron chi connectivity index (χ3n) is 2.69. The quantitative estimate of drug-likeness (QED) is 0.737. The maximum atomic E-state index is 9.87. The summed E-state index contributed by atoms with van der Waals surface area (Å²) in [7, 11) is 1.71. The van der Waals surface area contributed by atoms with Gasteiger partial charge in [-0.15, -0.1) is 0 Å². The Bertz CT molecular complexity index is 277. The van der Waals surface area contributed by atoms with E-state index in [1.54, 1.807) is 18.4 Å². The highest BCUT2D eigenvalue weighted by Crippen LogP contribution is 2.10. The summed E-state index contributed by atoms with van der Waals surface area (Å²) < 4.78 is 5.11. The van der Waals surface area contributed by atoms with Gasteiger partial charge >= 0.3 is 0 Å². The van der Waals surface area contributed by atoms with Crippen LogP contribution in [0.4, 0.5) is 0 Å². The molecule has 1 unspecified atom stereocenters. The van der Waals surface area contributed by atoms with Gasteiger partial charge in [0.1, 0.15) is 0 Å². The molecule has 1 heterocycles. The number of hydrogen-bond donors (Lipinski definition) is 1. The Morgan fingerprint density at radius 3 is 2.94 bits per heavy atom. The maximum Gasteiger partial charge on any atom is 0.0667 e. The van der Waals surface area contributed by atoms with E-state index in [0.29, 0.717) is 6.61 Å². The van der Waals surface area contributed by atoms with Gasteiger partial charge < -0.3 is 9.84 Å². The van der Waals surface area contributed by atoms with Crippen molar-refractivity contribution in [1.82, 2.24) is 4.90 Å². The number of thiophene rings is 1. The van der Waals surface area contributed by atoms with Crippen LogP contribution in [0.5, 0.6) is 0 Å². The van der Waals surface area contributed by atoms with Gasteiger partial charge in [0.15, 0.2) is 0 Å². The van der Waals surface area contributed by atoms with Gasteiger partial charge in [0.05, 0.1) is 12.7 Å². The average Bonchev–Trinajstić information content (AvgIpc) is 2.79. The second kappa shape index (κ2) is 8.64. The lowest BCUT2D eigenvalue weighted by Gasteiger charge is -2.24. The molecular weight excluding hydrogens is 234 g/mol. The number of hydrogen-bond acceptors (Lipinski definition) is 4. The molecule has 1 aromatic rings. The van der Waals surface area contributed by atoms with Crippen LogP contribution in [0, 0.1) is 0 Å². The minimum Gasteiger partial charge on any atom is -0.392 e. The van der Waals surface area contributed by atoms with E-state index in [1.165, 1.54) is 5.56 Å². The second-order valence-corrected chi connectivity index (χ2v) is 5.08. The van der Waals surface area contributed by atoms with E-state index in [0.717, 1.165) is 32.5 Å². The lowest BCUT2D eigenvalue weighted by molar-refractivity contribution is 0.0800. The Morgan fingerprint density at radius 1 is 1.53 bits per heavy atom. The molecule has 0 saturated heterocycles. The van der Waals surface area contributed by atoms with Gasteiger partial charge in [-0.1, -0.05) is 13.3 Å². The van der Waals surface area contributed by atoms with Crippen LogP contribution >= 0.6 is 11.3 Å². The molecule has 0 aliphatic heterocycles. The number of methoxy groups -OCH3 is 1. The van der Waals surface area contributed by atoms with Crippen molar-refractivity contribution in [2.24, 2.45) is 0 Å². The van der Waals surface area contributed by atoms with Crippen LogP contribution < -0.4 is 0 Å². The van der Waals surface area contributed by atoms with Crippen molar-refractivity contribution in [2.45, 2.75) is 32.4 Å². The predicted molar refractivity (Wildman–Crippen MR) is 72.4 cm³/mol. The molecule has 17 heavy (non-hydrogen) atoms. The van der Waals surface area contributed by atoms with Crippen LogP contribution in [0.3, 0.4) is 0 Å². The summed E-state index contributed by atoms with van der Waals surface area (Å²) >= 11 is 1.71. The van der Waals surface area contributed by atoms with E-state index >= 15 is 0 Å². The van der Waals surface area contributed by atoms with Crippen molar-refractivity contribution in [3.8, 4) is 0 Å². The van der Waals surface area contributed by atoms with E-state index in [2.05, 4.69) is 28.7 Å². The van der Waals surface area contributed by atoms with Gasteiger partial charge in [0, 0.05) is 26.7 Å². The van der Waals surface area contributed by atoms with Crippen LogP contribution in [0.25, 0.3) is 0 Å². The fraction of sp³-hybridized carbons (Fsp3) is 0.692. The first kappa shape index (κ1) is 14.6. The summed E-state index contributed by atoms with van der Waals surface area (Å²) in [6.07, 6.45) is 1.67. The molecule has 0 bridgehead atoms. The topological polar surface area (TPSA) is 32.7 Å². The van der Waals surface area contributed by atoms with E-state index in [1.807, 2.05) is 0 Å². The Morgan fingerprint density at radius 2 is 2.35 bits per heavy atom. The van der Waals surface area contributed by atoms with Gasteiger partial charge in [0.2, 0.25) is 0 Å². The molecule has 0 aromatic carbocycles. The van der Waals surface area contributed by atoms with E-state index in [-0.39, 0.29) is 6.10 Å². The smallest absolute Gasteiger partial charge is 0.0667 e. The van der Waals surface area contributed by atoms with Gasteiger partial charge in [-0.2, -0.15) is 11.3 Å². The molecular formula is C13H23NO2S. The maximum absolute atomic E-state index is 9.87. The van der Waals surface area contributed by atoms with Crippen LogP contribution in [0.2, 0.25) is 0 Å². The predicted octanol–water partition coefficient (Wildman–Crippen LogP) is 2.36. The molecule has 0 amide bonds. The first-order valence-electron chi connectivity index (χ1n) is 6.16. The average molecular weight is 257 g/mol. The summed E-state index contributed by atoms with van der Waals surface area (Å²) in [6, 6.07) is 2.14. The molecule has 1 atom stereocenters. The Labute approximate surface area is 108 Å². The van der Waals surface area contributed by atoms with E-state index < -0.39 is 0 Å². The number of nitrogens with zero attached hydrogens (tertiary/aromatic N) is 1. The third kappa shape index (κ3) is 6.17. The van der Waals surface area contributed by atoms with Crippen LogP contribution in [-0.4, -0.2) is 42.9 Å². The zero-order chi connectivity index (χ0) is 12.5. The highest BCUT2D eigenvalue weighted by atomic mass is 32.1. The zero-order valence-electron chi connectivity index (χ0n) is 10.8. The molecule has 0 aliphatic carbocycles. The summed E-state index contributed by atoms with van der Waals surface area (Å²) in [5.41, 5.74) is 1.31. The largest absolute Gasteiger partial charge is 0.392 e. The summed E-state index contributed by atoms with van der Waals surface area (Å²) in [6.45, 7) is 5.30. The van der Waals surface area contributed by atoms with Gasteiger partial charge in [0.25, 0.3) is 0 Å². The fourth-order valence-electron chi connectivity index (χ4n) is 1.82. The highest BCUT2D eigenvalue weighted by Gasteiger charge is 2.11. The lowest BCUT2D eigenvalue weighted by atomic mass is 10.2. The Balaban J connectivity index is 2.42. The lowest BCUT2D eigenvalue weighted by Crippen LogP contribution is -2.34. The van der Waals surface area contributed by atoms with Crippen LogP contribution in [-0.2, 0) is 11.3 Å². The van der Waals surface area contributed by atoms with E-state index in [9.17, 15) is 5.11 Å². The number of aliphatic hydroxyl groups is 1. The summed E-state index contributed by atoms with van der Waals surface area (Å²) in [5.74, 6) is 0. The molecule has 98 valence electrons. The van der Waals surface area contributed by atoms with Gasteiger partial charge in [-0.05, 0) is 28.8 Å².